The molecule has 7 nitrogen and oxygen atoms in total. The van der Waals surface area contributed by atoms with Crippen LogP contribution in [0.3, 0.4) is 0 Å². The number of hydroxylamine groups is 1. The fraction of sp³-hybridized carbons (Fsp3) is 0.263. The van der Waals surface area contributed by atoms with Crippen LogP contribution in [-0.4, -0.2) is 33.7 Å². The van der Waals surface area contributed by atoms with Crippen molar-refractivity contribution in [2.24, 2.45) is 5.92 Å². The maximum Gasteiger partial charge on any atom is 0.277 e. The minimum absolute atomic E-state index is 0.0479. The van der Waals surface area contributed by atoms with E-state index in [0.29, 0.717) is 17.4 Å². The number of rotatable bonds is 2. The highest BCUT2D eigenvalue weighted by Crippen LogP contribution is 2.26. The van der Waals surface area contributed by atoms with Gasteiger partial charge in [0, 0.05) is 24.5 Å². The maximum atomic E-state index is 11.4. The summed E-state index contributed by atoms with van der Waals surface area (Å²) < 4.78 is 0. The van der Waals surface area contributed by atoms with Crippen LogP contribution in [0.2, 0.25) is 0 Å². The summed E-state index contributed by atoms with van der Waals surface area (Å²) in [5.74, 6) is 6.64. The Kier molecular flexibility index (Phi) is 5.12. The summed E-state index contributed by atoms with van der Waals surface area (Å²) in [6, 6.07) is 9.24. The lowest BCUT2D eigenvalue weighted by Crippen LogP contribution is -2.30. The molecule has 1 saturated heterocycles. The first-order valence-corrected chi connectivity index (χ1v) is 8.15. The average Bonchev–Trinajstić information content (AvgIpc) is 3.06. The van der Waals surface area contributed by atoms with Crippen LogP contribution in [0.25, 0.3) is 0 Å². The second-order valence-electron chi connectivity index (χ2n) is 6.18. The summed E-state index contributed by atoms with van der Waals surface area (Å²) in [6.07, 6.45) is 3.63. The van der Waals surface area contributed by atoms with Crippen LogP contribution in [0, 0.1) is 29.1 Å². The molecule has 1 aliphatic heterocycles. The Bertz CT molecular complexity index is 908. The molecular weight excluding hydrogens is 330 g/mol. The number of aromatic nitrogens is 2. The van der Waals surface area contributed by atoms with E-state index in [1.165, 1.54) is 12.4 Å². The third-order valence-corrected chi connectivity index (χ3v) is 4.14. The van der Waals surface area contributed by atoms with Gasteiger partial charge in [-0.15, -0.1) is 0 Å². The predicted molar refractivity (Wildman–Crippen MR) is 94.2 cm³/mol. The lowest BCUT2D eigenvalue weighted by molar-refractivity contribution is 0.0705. The van der Waals surface area contributed by atoms with Crippen molar-refractivity contribution in [2.45, 2.75) is 19.4 Å². The second kappa shape index (κ2) is 7.64. The molecule has 1 fully saturated rings. The first-order chi connectivity index (χ1) is 12.6. The van der Waals surface area contributed by atoms with Crippen LogP contribution >= 0.6 is 0 Å². The minimum atomic E-state index is -0.653. The number of carbonyl (C=O) groups excluding carboxylic acids is 1. The summed E-state index contributed by atoms with van der Waals surface area (Å²) in [5.41, 5.74) is 3.11. The summed E-state index contributed by atoms with van der Waals surface area (Å²) in [7, 11) is 0. The molecular formula is C19H17N5O2. The standard InChI is InChI=1S/C19H17N5O2/c1-13-7-17(6-5-14-3-2-4-15(8-14)9-20)24(12-13)19-21-10-16(11-22-19)18(25)23-26/h2-4,8,10-11,13,17,26H,7,12H2,1H3,(H,23,25)/t13-,17+/m0/s1. The van der Waals surface area contributed by atoms with Gasteiger partial charge in [0.1, 0.15) is 0 Å². The Balaban J connectivity index is 1.82. The van der Waals surface area contributed by atoms with Crippen LogP contribution < -0.4 is 10.4 Å². The minimum Gasteiger partial charge on any atom is -0.327 e. The molecule has 0 spiro atoms. The molecule has 26 heavy (non-hydrogen) atoms. The molecule has 0 saturated carbocycles. The number of nitrogens with zero attached hydrogens (tertiary/aromatic N) is 4. The number of hydrogen-bond acceptors (Lipinski definition) is 6. The Morgan fingerprint density at radius 3 is 2.77 bits per heavy atom. The monoisotopic (exact) mass is 347 g/mol. The molecule has 0 unspecified atom stereocenters. The largest absolute Gasteiger partial charge is 0.327 e. The first-order valence-electron chi connectivity index (χ1n) is 8.15. The van der Waals surface area contributed by atoms with Crippen LogP contribution in [-0.2, 0) is 0 Å². The van der Waals surface area contributed by atoms with Crippen molar-refractivity contribution in [3.8, 4) is 17.9 Å². The van der Waals surface area contributed by atoms with E-state index >= 15 is 0 Å². The van der Waals surface area contributed by atoms with Crippen molar-refractivity contribution < 1.29 is 10.0 Å². The quantitative estimate of drug-likeness (QED) is 0.487. The zero-order valence-corrected chi connectivity index (χ0v) is 14.2. The molecule has 0 aliphatic carbocycles. The van der Waals surface area contributed by atoms with Crippen molar-refractivity contribution in [3.63, 3.8) is 0 Å². The van der Waals surface area contributed by atoms with E-state index in [-0.39, 0.29) is 11.6 Å². The number of nitrogens with one attached hydrogen (secondary N) is 1. The van der Waals surface area contributed by atoms with E-state index in [1.54, 1.807) is 17.6 Å². The Morgan fingerprint density at radius 1 is 1.35 bits per heavy atom. The van der Waals surface area contributed by atoms with Gasteiger partial charge in [-0.05, 0) is 30.5 Å². The molecule has 2 N–H and O–H groups in total. The fourth-order valence-corrected chi connectivity index (χ4v) is 2.89. The van der Waals surface area contributed by atoms with Gasteiger partial charge >= 0.3 is 0 Å². The highest BCUT2D eigenvalue weighted by atomic mass is 16.5. The van der Waals surface area contributed by atoms with Gasteiger partial charge < -0.3 is 4.90 Å². The molecule has 3 rings (SSSR count). The van der Waals surface area contributed by atoms with Crippen molar-refractivity contribution >= 4 is 11.9 Å². The van der Waals surface area contributed by atoms with Gasteiger partial charge in [-0.2, -0.15) is 5.26 Å². The molecule has 1 amide bonds. The molecule has 2 aromatic rings. The van der Waals surface area contributed by atoms with Crippen LogP contribution in [0.5, 0.6) is 0 Å². The lowest BCUT2D eigenvalue weighted by atomic mass is 10.1. The molecule has 1 aromatic heterocycles. The SMILES string of the molecule is C[C@H]1C[C@@H](C#Cc2cccc(C#N)c2)N(c2ncc(C(=O)NO)cn2)C1. The van der Waals surface area contributed by atoms with Gasteiger partial charge in [-0.25, -0.2) is 15.4 Å². The van der Waals surface area contributed by atoms with E-state index in [9.17, 15) is 4.79 Å². The lowest BCUT2D eigenvalue weighted by Gasteiger charge is -2.20. The number of hydrogen-bond donors (Lipinski definition) is 2. The van der Waals surface area contributed by atoms with Crippen LogP contribution in [0.15, 0.2) is 36.7 Å². The van der Waals surface area contributed by atoms with Crippen LogP contribution in [0.1, 0.15) is 34.8 Å². The van der Waals surface area contributed by atoms with Crippen molar-refractivity contribution in [3.05, 3.63) is 53.3 Å². The Hall–Kier alpha value is -3.42. The summed E-state index contributed by atoms with van der Waals surface area (Å²) in [4.78, 5) is 21.8. The summed E-state index contributed by atoms with van der Waals surface area (Å²) in [6.45, 7) is 2.90. The fourth-order valence-electron chi connectivity index (χ4n) is 2.89. The molecule has 2 heterocycles. The van der Waals surface area contributed by atoms with Gasteiger partial charge in [0.2, 0.25) is 5.95 Å². The third kappa shape index (κ3) is 3.80. The summed E-state index contributed by atoms with van der Waals surface area (Å²) in [5, 5.41) is 17.6. The van der Waals surface area contributed by atoms with E-state index in [1.807, 2.05) is 17.0 Å². The number of amides is 1. The zero-order valence-electron chi connectivity index (χ0n) is 14.2. The van der Waals surface area contributed by atoms with E-state index in [2.05, 4.69) is 34.8 Å². The number of benzene rings is 1. The number of carbonyl (C=O) groups is 1. The van der Waals surface area contributed by atoms with Gasteiger partial charge in [-0.1, -0.05) is 24.8 Å². The second-order valence-corrected chi connectivity index (χ2v) is 6.18. The molecule has 0 bridgehead atoms. The zero-order chi connectivity index (χ0) is 18.5. The maximum absolute atomic E-state index is 11.4. The Morgan fingerprint density at radius 2 is 2.08 bits per heavy atom. The van der Waals surface area contributed by atoms with Gasteiger partial charge in [0.15, 0.2) is 0 Å². The highest BCUT2D eigenvalue weighted by Gasteiger charge is 2.30. The third-order valence-electron chi connectivity index (χ3n) is 4.14. The molecule has 0 radical (unpaired) electrons. The van der Waals surface area contributed by atoms with Gasteiger partial charge in [0.25, 0.3) is 5.91 Å². The first kappa shape index (κ1) is 17.4. The Labute approximate surface area is 151 Å². The molecule has 1 aliphatic rings. The van der Waals surface area contributed by atoms with Crippen molar-refractivity contribution in [1.29, 1.82) is 5.26 Å². The van der Waals surface area contributed by atoms with Gasteiger partial charge in [0.05, 0.1) is 23.2 Å². The molecule has 2 atom stereocenters. The van der Waals surface area contributed by atoms with Crippen LogP contribution in [0.4, 0.5) is 5.95 Å². The highest BCUT2D eigenvalue weighted by molar-refractivity contribution is 5.92. The summed E-state index contributed by atoms with van der Waals surface area (Å²) >= 11 is 0. The van der Waals surface area contributed by atoms with E-state index < -0.39 is 5.91 Å². The number of anilines is 1. The van der Waals surface area contributed by atoms with E-state index in [0.717, 1.165) is 18.5 Å². The van der Waals surface area contributed by atoms with Crippen molar-refractivity contribution in [2.75, 3.05) is 11.4 Å². The van der Waals surface area contributed by atoms with Gasteiger partial charge in [-0.3, -0.25) is 10.0 Å². The smallest absolute Gasteiger partial charge is 0.277 e. The molecule has 7 heteroatoms. The van der Waals surface area contributed by atoms with Crippen molar-refractivity contribution in [1.82, 2.24) is 15.4 Å². The average molecular weight is 347 g/mol. The number of nitriles is 1. The normalized spacial score (nSPS) is 18.6. The van der Waals surface area contributed by atoms with E-state index in [4.69, 9.17) is 10.5 Å². The topological polar surface area (TPSA) is 102 Å². The molecule has 1 aromatic carbocycles. The predicted octanol–water partition coefficient (Wildman–Crippen LogP) is 1.73. The molecule has 130 valence electrons.